The molecule has 0 radical (unpaired) electrons. The third kappa shape index (κ3) is 2.73. The summed E-state index contributed by atoms with van der Waals surface area (Å²) in [6.45, 7) is 1.19. The third-order valence-corrected chi connectivity index (χ3v) is 2.48. The van der Waals surface area contributed by atoms with Crippen LogP contribution >= 0.6 is 11.6 Å². The highest BCUT2D eigenvalue weighted by molar-refractivity contribution is 6.31. The zero-order valence-corrected chi connectivity index (χ0v) is 9.93. The van der Waals surface area contributed by atoms with Crippen LogP contribution in [0.2, 0.25) is 5.02 Å². The van der Waals surface area contributed by atoms with E-state index in [1.807, 2.05) is 0 Å². The van der Waals surface area contributed by atoms with Gasteiger partial charge in [-0.1, -0.05) is 23.7 Å². The van der Waals surface area contributed by atoms with Gasteiger partial charge in [0.15, 0.2) is 0 Å². The second kappa shape index (κ2) is 5.42. The van der Waals surface area contributed by atoms with Crippen molar-refractivity contribution in [3.8, 4) is 0 Å². The monoisotopic (exact) mass is 263 g/mol. The second-order valence-electron chi connectivity index (χ2n) is 3.27. The molecule has 0 aliphatic rings. The Balaban J connectivity index is 3.26. The predicted octanol–water partition coefficient (Wildman–Crippen LogP) is 2.45. The van der Waals surface area contributed by atoms with Gasteiger partial charge in [0.25, 0.3) is 0 Å². The van der Waals surface area contributed by atoms with E-state index < -0.39 is 17.5 Å². The Morgan fingerprint density at radius 2 is 2.18 bits per heavy atom. The Morgan fingerprint density at radius 3 is 2.71 bits per heavy atom. The molecule has 0 aliphatic heterocycles. The Hall–Kier alpha value is -1.20. The van der Waals surface area contributed by atoms with Crippen molar-refractivity contribution < 1.29 is 18.3 Å². The molecule has 2 N–H and O–H groups in total. The number of hydrogen-bond acceptors (Lipinski definition) is 3. The number of alkyl halides is 2. The molecule has 1 aromatic carbocycles. The molecule has 0 bridgehead atoms. The van der Waals surface area contributed by atoms with Crippen LogP contribution in [0.15, 0.2) is 18.2 Å². The first-order chi connectivity index (χ1) is 7.95. The number of carbonyl (C=O) groups excluding carboxylic acids is 1. The van der Waals surface area contributed by atoms with E-state index in [0.717, 1.165) is 0 Å². The topological polar surface area (TPSA) is 52.3 Å². The van der Waals surface area contributed by atoms with Crippen molar-refractivity contribution in [1.82, 2.24) is 0 Å². The molecule has 1 aromatic rings. The SMILES string of the molecule is CCOC(=O)C(F)(F)c1c(Cl)cccc1CN. The number of halogens is 3. The van der Waals surface area contributed by atoms with Crippen molar-refractivity contribution >= 4 is 17.6 Å². The summed E-state index contributed by atoms with van der Waals surface area (Å²) in [6.07, 6.45) is 0. The molecule has 17 heavy (non-hydrogen) atoms. The van der Waals surface area contributed by atoms with Crippen LogP contribution in [-0.2, 0) is 22.0 Å². The fourth-order valence-electron chi connectivity index (χ4n) is 1.41. The maximum atomic E-state index is 13.8. The number of ether oxygens (including phenoxy) is 1. The average molecular weight is 264 g/mol. The summed E-state index contributed by atoms with van der Waals surface area (Å²) < 4.78 is 32.0. The molecule has 3 nitrogen and oxygen atoms in total. The number of hydrogen-bond donors (Lipinski definition) is 1. The van der Waals surface area contributed by atoms with Crippen LogP contribution in [-0.4, -0.2) is 12.6 Å². The van der Waals surface area contributed by atoms with Gasteiger partial charge in [0, 0.05) is 6.54 Å². The van der Waals surface area contributed by atoms with Gasteiger partial charge in [-0.2, -0.15) is 8.78 Å². The van der Waals surface area contributed by atoms with E-state index in [0.29, 0.717) is 0 Å². The third-order valence-electron chi connectivity index (χ3n) is 2.17. The molecule has 0 aromatic heterocycles. The van der Waals surface area contributed by atoms with Crippen LogP contribution in [0.3, 0.4) is 0 Å². The first-order valence-corrected chi connectivity index (χ1v) is 5.35. The minimum absolute atomic E-state index is 0.121. The Labute approximate surface area is 103 Å². The first-order valence-electron chi connectivity index (χ1n) is 4.98. The molecule has 0 saturated heterocycles. The van der Waals surface area contributed by atoms with Crippen molar-refractivity contribution in [3.63, 3.8) is 0 Å². The van der Waals surface area contributed by atoms with E-state index in [9.17, 15) is 13.6 Å². The largest absolute Gasteiger partial charge is 0.461 e. The second-order valence-corrected chi connectivity index (χ2v) is 3.68. The molecule has 0 unspecified atom stereocenters. The van der Waals surface area contributed by atoms with E-state index in [-0.39, 0.29) is 23.7 Å². The van der Waals surface area contributed by atoms with Gasteiger partial charge in [-0.05, 0) is 18.6 Å². The van der Waals surface area contributed by atoms with Crippen molar-refractivity contribution in [2.45, 2.75) is 19.4 Å². The number of nitrogens with two attached hydrogens (primary N) is 1. The molecular weight excluding hydrogens is 252 g/mol. The van der Waals surface area contributed by atoms with Gasteiger partial charge in [-0.3, -0.25) is 0 Å². The molecule has 6 heteroatoms. The van der Waals surface area contributed by atoms with E-state index in [1.165, 1.54) is 25.1 Å². The van der Waals surface area contributed by atoms with E-state index in [2.05, 4.69) is 4.74 Å². The molecule has 0 atom stereocenters. The lowest BCUT2D eigenvalue weighted by atomic mass is 10.0. The molecule has 0 spiro atoms. The molecule has 0 heterocycles. The number of esters is 1. The maximum absolute atomic E-state index is 13.8. The molecule has 1 rings (SSSR count). The molecule has 0 saturated carbocycles. The van der Waals surface area contributed by atoms with Gasteiger partial charge in [0.05, 0.1) is 17.2 Å². The van der Waals surface area contributed by atoms with Gasteiger partial charge in [-0.25, -0.2) is 4.79 Å². The summed E-state index contributed by atoms with van der Waals surface area (Å²) in [5.74, 6) is -5.41. The van der Waals surface area contributed by atoms with Crippen LogP contribution in [0.5, 0.6) is 0 Å². The van der Waals surface area contributed by atoms with Crippen molar-refractivity contribution in [2.24, 2.45) is 5.73 Å². The summed E-state index contributed by atoms with van der Waals surface area (Å²) in [5, 5.41) is -0.203. The lowest BCUT2D eigenvalue weighted by molar-refractivity contribution is -0.173. The van der Waals surface area contributed by atoms with Crippen molar-refractivity contribution in [1.29, 1.82) is 0 Å². The van der Waals surface area contributed by atoms with Gasteiger partial charge in [0.1, 0.15) is 0 Å². The number of carbonyl (C=O) groups is 1. The highest BCUT2D eigenvalue weighted by Crippen LogP contribution is 2.37. The molecule has 0 fully saturated rings. The lowest BCUT2D eigenvalue weighted by Gasteiger charge is -2.19. The van der Waals surface area contributed by atoms with E-state index in [1.54, 1.807) is 0 Å². The van der Waals surface area contributed by atoms with E-state index >= 15 is 0 Å². The highest BCUT2D eigenvalue weighted by atomic mass is 35.5. The minimum atomic E-state index is -3.79. The van der Waals surface area contributed by atoms with Crippen LogP contribution < -0.4 is 5.73 Å². The zero-order valence-electron chi connectivity index (χ0n) is 9.17. The summed E-state index contributed by atoms with van der Waals surface area (Å²) in [4.78, 5) is 11.2. The Kier molecular flexibility index (Phi) is 4.42. The van der Waals surface area contributed by atoms with Crippen molar-refractivity contribution in [2.75, 3.05) is 6.61 Å². The Bertz CT molecular complexity index is 424. The van der Waals surface area contributed by atoms with Crippen LogP contribution in [0, 0.1) is 0 Å². The zero-order chi connectivity index (χ0) is 13.1. The van der Waals surface area contributed by atoms with E-state index in [4.69, 9.17) is 17.3 Å². The van der Waals surface area contributed by atoms with Gasteiger partial charge in [-0.15, -0.1) is 0 Å². The maximum Gasteiger partial charge on any atom is 0.382 e. The van der Waals surface area contributed by atoms with Crippen LogP contribution in [0.1, 0.15) is 18.1 Å². The van der Waals surface area contributed by atoms with Crippen molar-refractivity contribution in [3.05, 3.63) is 34.3 Å². The lowest BCUT2D eigenvalue weighted by Crippen LogP contribution is -2.30. The first kappa shape index (κ1) is 13.9. The fraction of sp³-hybridized carbons (Fsp3) is 0.364. The van der Waals surface area contributed by atoms with Gasteiger partial charge in [0.2, 0.25) is 0 Å². The normalized spacial score (nSPS) is 11.4. The molecule has 94 valence electrons. The molecule has 0 amide bonds. The minimum Gasteiger partial charge on any atom is -0.461 e. The fourth-order valence-corrected chi connectivity index (χ4v) is 1.73. The van der Waals surface area contributed by atoms with Gasteiger partial charge >= 0.3 is 11.9 Å². The standard InChI is InChI=1S/C11H12ClF2NO2/c1-2-17-10(16)11(13,14)9-7(6-15)4-3-5-8(9)12/h3-5H,2,6,15H2,1H3. The van der Waals surface area contributed by atoms with Gasteiger partial charge < -0.3 is 10.5 Å². The summed E-state index contributed by atoms with van der Waals surface area (Å²) >= 11 is 5.69. The number of rotatable bonds is 4. The highest BCUT2D eigenvalue weighted by Gasteiger charge is 2.45. The summed E-state index contributed by atoms with van der Waals surface area (Å²) in [5.41, 5.74) is 4.89. The quantitative estimate of drug-likeness (QED) is 0.849. The van der Waals surface area contributed by atoms with Crippen LogP contribution in [0.4, 0.5) is 8.78 Å². The predicted molar refractivity (Wildman–Crippen MR) is 59.9 cm³/mol. The summed E-state index contributed by atoms with van der Waals surface area (Å²) in [6, 6.07) is 4.17. The number of benzene rings is 1. The Morgan fingerprint density at radius 1 is 1.53 bits per heavy atom. The summed E-state index contributed by atoms with van der Waals surface area (Å²) in [7, 11) is 0. The smallest absolute Gasteiger partial charge is 0.382 e. The molecular formula is C11H12ClF2NO2. The molecule has 0 aliphatic carbocycles. The van der Waals surface area contributed by atoms with Crippen LogP contribution in [0.25, 0.3) is 0 Å². The average Bonchev–Trinajstić information content (AvgIpc) is 2.28.